The van der Waals surface area contributed by atoms with Crippen LogP contribution in [0.4, 0.5) is 10.2 Å². The van der Waals surface area contributed by atoms with E-state index in [0.717, 1.165) is 28.6 Å². The summed E-state index contributed by atoms with van der Waals surface area (Å²) in [6.45, 7) is 0. The average molecular weight is 370 g/mol. The molecule has 7 heteroatoms. The molecule has 0 aliphatic heterocycles. The predicted octanol–water partition coefficient (Wildman–Crippen LogP) is 3.79. The Morgan fingerprint density at radius 1 is 1.15 bits per heavy atom. The van der Waals surface area contributed by atoms with E-state index in [1.165, 1.54) is 41.7 Å². The number of nitrogens with zero attached hydrogens (tertiary/aromatic N) is 2. The van der Waals surface area contributed by atoms with Crippen LogP contribution in [0, 0.1) is 5.82 Å². The highest BCUT2D eigenvalue weighted by atomic mass is 32.1. The van der Waals surface area contributed by atoms with Crippen LogP contribution in [0.1, 0.15) is 35.3 Å². The number of anilines is 1. The third kappa shape index (κ3) is 3.53. The first-order chi connectivity index (χ1) is 12.7. The van der Waals surface area contributed by atoms with Gasteiger partial charge in [0.05, 0.1) is 5.39 Å². The van der Waals surface area contributed by atoms with Gasteiger partial charge in [-0.05, 0) is 55.4 Å². The van der Waals surface area contributed by atoms with E-state index in [4.69, 9.17) is 0 Å². The van der Waals surface area contributed by atoms with Crippen LogP contribution in [0.15, 0.2) is 30.6 Å². The first-order valence-electron chi connectivity index (χ1n) is 8.75. The quantitative estimate of drug-likeness (QED) is 0.671. The van der Waals surface area contributed by atoms with Crippen molar-refractivity contribution in [3.05, 3.63) is 52.4 Å². The topological polar surface area (TPSA) is 66.9 Å². The number of fused-ring (bicyclic) bond motifs is 3. The van der Waals surface area contributed by atoms with Crippen molar-refractivity contribution in [2.75, 3.05) is 5.43 Å². The van der Waals surface area contributed by atoms with Crippen LogP contribution in [0.5, 0.6) is 0 Å². The molecule has 4 rings (SSSR count). The lowest BCUT2D eigenvalue weighted by molar-refractivity contribution is -0.120. The number of hydrogen-bond acceptors (Lipinski definition) is 5. The molecule has 1 aliphatic rings. The number of halogens is 1. The van der Waals surface area contributed by atoms with Gasteiger partial charge in [-0.2, -0.15) is 0 Å². The molecule has 26 heavy (non-hydrogen) atoms. The predicted molar refractivity (Wildman–Crippen MR) is 101 cm³/mol. The molecule has 0 atom stereocenters. The summed E-state index contributed by atoms with van der Waals surface area (Å²) >= 11 is 1.72. The van der Waals surface area contributed by atoms with E-state index in [1.807, 2.05) is 0 Å². The second-order valence-electron chi connectivity index (χ2n) is 6.41. The lowest BCUT2D eigenvalue weighted by Gasteiger charge is -2.13. The molecular formula is C19H19FN4OS. The third-order valence-corrected chi connectivity index (χ3v) is 5.83. The van der Waals surface area contributed by atoms with Crippen molar-refractivity contribution in [1.29, 1.82) is 0 Å². The van der Waals surface area contributed by atoms with E-state index in [-0.39, 0.29) is 11.7 Å². The Morgan fingerprint density at radius 2 is 1.96 bits per heavy atom. The summed E-state index contributed by atoms with van der Waals surface area (Å²) in [7, 11) is 0. The standard InChI is InChI=1S/C19H19FN4OS/c20-13-8-5-12(6-9-13)7-10-16(25)23-24-18-17-14-3-1-2-4-15(14)26-19(17)22-11-21-18/h5-6,8-9,11H,1-4,7,10H2,(H,23,25)(H,21,22,24). The molecular weight excluding hydrogens is 351 g/mol. The van der Waals surface area contributed by atoms with Gasteiger partial charge in [0, 0.05) is 11.3 Å². The van der Waals surface area contributed by atoms with Gasteiger partial charge in [0.1, 0.15) is 17.0 Å². The zero-order valence-electron chi connectivity index (χ0n) is 14.2. The Balaban J connectivity index is 1.42. The van der Waals surface area contributed by atoms with Gasteiger partial charge in [0.2, 0.25) is 5.91 Å². The molecule has 1 aromatic carbocycles. The number of rotatable bonds is 5. The molecule has 5 nitrogen and oxygen atoms in total. The Labute approximate surface area is 154 Å². The molecule has 0 unspecified atom stereocenters. The van der Waals surface area contributed by atoms with Gasteiger partial charge in [-0.3, -0.25) is 15.6 Å². The maximum atomic E-state index is 12.9. The van der Waals surface area contributed by atoms with Gasteiger partial charge >= 0.3 is 0 Å². The molecule has 2 aromatic heterocycles. The Morgan fingerprint density at radius 3 is 2.81 bits per heavy atom. The molecule has 0 spiro atoms. The summed E-state index contributed by atoms with van der Waals surface area (Å²) < 4.78 is 12.9. The Hall–Kier alpha value is -2.54. The van der Waals surface area contributed by atoms with E-state index < -0.39 is 0 Å². The highest BCUT2D eigenvalue weighted by Gasteiger charge is 2.20. The van der Waals surface area contributed by atoms with Crippen LogP contribution in [-0.4, -0.2) is 15.9 Å². The molecule has 2 heterocycles. The highest BCUT2D eigenvalue weighted by Crippen LogP contribution is 2.37. The Bertz CT molecular complexity index is 939. The number of thiophene rings is 1. The number of hydrogen-bond donors (Lipinski definition) is 2. The second kappa shape index (κ2) is 7.37. The number of nitrogens with one attached hydrogen (secondary N) is 2. The minimum atomic E-state index is -0.272. The van der Waals surface area contributed by atoms with E-state index in [2.05, 4.69) is 20.8 Å². The molecule has 0 radical (unpaired) electrons. The average Bonchev–Trinajstić information content (AvgIpc) is 3.05. The largest absolute Gasteiger partial charge is 0.281 e. The minimum Gasteiger partial charge on any atom is -0.281 e. The van der Waals surface area contributed by atoms with Crippen molar-refractivity contribution < 1.29 is 9.18 Å². The molecule has 1 amide bonds. The summed E-state index contributed by atoms with van der Waals surface area (Å²) in [4.78, 5) is 23.2. The number of amides is 1. The number of aryl methyl sites for hydroxylation is 3. The van der Waals surface area contributed by atoms with Crippen molar-refractivity contribution in [2.24, 2.45) is 0 Å². The van der Waals surface area contributed by atoms with Gasteiger partial charge in [-0.25, -0.2) is 14.4 Å². The smallest absolute Gasteiger partial charge is 0.238 e. The van der Waals surface area contributed by atoms with Gasteiger partial charge in [0.15, 0.2) is 5.82 Å². The van der Waals surface area contributed by atoms with Crippen LogP contribution in [0.3, 0.4) is 0 Å². The summed E-state index contributed by atoms with van der Waals surface area (Å²) in [6, 6.07) is 6.20. The summed E-state index contributed by atoms with van der Waals surface area (Å²) in [5.74, 6) is 0.251. The van der Waals surface area contributed by atoms with E-state index in [0.29, 0.717) is 18.7 Å². The van der Waals surface area contributed by atoms with E-state index >= 15 is 0 Å². The van der Waals surface area contributed by atoms with Crippen LogP contribution in [-0.2, 0) is 24.1 Å². The number of aromatic nitrogens is 2. The van der Waals surface area contributed by atoms with Gasteiger partial charge in [-0.15, -0.1) is 11.3 Å². The zero-order valence-corrected chi connectivity index (χ0v) is 15.0. The van der Waals surface area contributed by atoms with Crippen molar-refractivity contribution in [2.45, 2.75) is 38.5 Å². The summed E-state index contributed by atoms with van der Waals surface area (Å²) in [5.41, 5.74) is 7.93. The summed E-state index contributed by atoms with van der Waals surface area (Å²) in [5, 5.41) is 1.03. The molecule has 0 fully saturated rings. The third-order valence-electron chi connectivity index (χ3n) is 4.63. The molecule has 134 valence electrons. The number of hydrazine groups is 1. The van der Waals surface area contributed by atoms with Gasteiger partial charge < -0.3 is 0 Å². The number of carbonyl (C=O) groups is 1. The van der Waals surface area contributed by atoms with Crippen LogP contribution < -0.4 is 10.9 Å². The fraction of sp³-hybridized carbons (Fsp3) is 0.316. The molecule has 1 aliphatic carbocycles. The molecule has 2 N–H and O–H groups in total. The fourth-order valence-corrected chi connectivity index (χ4v) is 4.51. The number of carbonyl (C=O) groups excluding carboxylic acids is 1. The molecule has 0 saturated heterocycles. The van der Waals surface area contributed by atoms with E-state index in [9.17, 15) is 9.18 Å². The van der Waals surface area contributed by atoms with Crippen molar-refractivity contribution in [3.8, 4) is 0 Å². The number of benzene rings is 1. The van der Waals surface area contributed by atoms with E-state index in [1.54, 1.807) is 23.5 Å². The zero-order chi connectivity index (χ0) is 17.9. The van der Waals surface area contributed by atoms with Crippen molar-refractivity contribution in [1.82, 2.24) is 15.4 Å². The lowest BCUT2D eigenvalue weighted by atomic mass is 9.97. The van der Waals surface area contributed by atoms with Gasteiger partial charge in [0.25, 0.3) is 0 Å². The normalized spacial score (nSPS) is 13.4. The molecule has 0 saturated carbocycles. The monoisotopic (exact) mass is 370 g/mol. The first-order valence-corrected chi connectivity index (χ1v) is 9.57. The first kappa shape index (κ1) is 16.9. The second-order valence-corrected chi connectivity index (χ2v) is 7.50. The maximum Gasteiger partial charge on any atom is 0.238 e. The maximum absolute atomic E-state index is 12.9. The van der Waals surface area contributed by atoms with Crippen molar-refractivity contribution >= 4 is 33.3 Å². The van der Waals surface area contributed by atoms with Crippen LogP contribution in [0.2, 0.25) is 0 Å². The summed E-state index contributed by atoms with van der Waals surface area (Å²) in [6.07, 6.45) is 6.93. The highest BCUT2D eigenvalue weighted by molar-refractivity contribution is 7.19. The fourth-order valence-electron chi connectivity index (χ4n) is 3.29. The van der Waals surface area contributed by atoms with Gasteiger partial charge in [-0.1, -0.05) is 12.1 Å². The molecule has 3 aromatic rings. The lowest BCUT2D eigenvalue weighted by Crippen LogP contribution is -2.30. The minimum absolute atomic E-state index is 0.134. The molecule has 0 bridgehead atoms. The van der Waals surface area contributed by atoms with Crippen LogP contribution >= 0.6 is 11.3 Å². The van der Waals surface area contributed by atoms with Crippen molar-refractivity contribution in [3.63, 3.8) is 0 Å². The SMILES string of the molecule is O=C(CCc1ccc(F)cc1)NNc1ncnc2sc3c(c12)CCCC3. The van der Waals surface area contributed by atoms with Crippen LogP contribution in [0.25, 0.3) is 10.2 Å². The Kier molecular flexibility index (Phi) is 4.79.